The van der Waals surface area contributed by atoms with Crippen LogP contribution in [0.4, 0.5) is 0 Å². The lowest BCUT2D eigenvalue weighted by Crippen LogP contribution is -2.38. The number of fused-ring (bicyclic) bond motifs is 1. The third kappa shape index (κ3) is 4.10. The van der Waals surface area contributed by atoms with Gasteiger partial charge in [-0.2, -0.15) is 5.10 Å². The van der Waals surface area contributed by atoms with Crippen LogP contribution in [0, 0.1) is 0 Å². The van der Waals surface area contributed by atoms with Gasteiger partial charge in [-0.15, -0.1) is 11.3 Å². The summed E-state index contributed by atoms with van der Waals surface area (Å²) in [7, 11) is 0. The Bertz CT molecular complexity index is 680. The Kier molecular flexibility index (Phi) is 6.20. The topological polar surface area (TPSA) is 79.9 Å². The van der Waals surface area contributed by atoms with Crippen LogP contribution in [0.3, 0.4) is 0 Å². The van der Waals surface area contributed by atoms with Gasteiger partial charge >= 0.3 is 0 Å². The smallest absolute Gasteiger partial charge is 0.255 e. The molecule has 1 fully saturated rings. The fourth-order valence-electron chi connectivity index (χ4n) is 3.19. The quantitative estimate of drug-likeness (QED) is 0.877. The van der Waals surface area contributed by atoms with Crippen LogP contribution >= 0.6 is 11.3 Å². The van der Waals surface area contributed by atoms with E-state index in [-0.39, 0.29) is 11.9 Å². The van der Waals surface area contributed by atoms with Crippen molar-refractivity contribution in [1.82, 2.24) is 20.5 Å². The number of hydrogen-bond acceptors (Lipinski definition) is 5. The first-order chi connectivity index (χ1) is 12.3. The molecule has 1 saturated heterocycles. The van der Waals surface area contributed by atoms with Crippen LogP contribution in [0.1, 0.15) is 60.5 Å². The first-order valence-electron chi connectivity index (χ1n) is 9.22. The number of ether oxygens (including phenoxy) is 1. The largest absolute Gasteiger partial charge is 0.381 e. The Morgan fingerprint density at radius 3 is 2.80 bits per heavy atom. The summed E-state index contributed by atoms with van der Waals surface area (Å²) in [6, 6.07) is 0.184. The van der Waals surface area contributed by atoms with Gasteiger partial charge in [0.2, 0.25) is 0 Å². The van der Waals surface area contributed by atoms with E-state index >= 15 is 0 Å². The number of carbonyl (C=O) groups is 1. The zero-order valence-corrected chi connectivity index (χ0v) is 15.7. The van der Waals surface area contributed by atoms with Crippen LogP contribution < -0.4 is 5.32 Å². The van der Waals surface area contributed by atoms with Crippen molar-refractivity contribution in [3.05, 3.63) is 22.3 Å². The fourth-order valence-corrected chi connectivity index (χ4v) is 4.34. The van der Waals surface area contributed by atoms with E-state index < -0.39 is 0 Å². The van der Waals surface area contributed by atoms with E-state index in [1.807, 2.05) is 13.8 Å². The molecule has 0 bridgehead atoms. The van der Waals surface area contributed by atoms with Gasteiger partial charge in [0, 0.05) is 24.1 Å². The number of hydrogen-bond donors (Lipinski definition) is 2. The number of nitrogens with one attached hydrogen (secondary N) is 2. The maximum atomic E-state index is 12.6. The lowest BCUT2D eigenvalue weighted by molar-refractivity contribution is 0.0697. The molecule has 2 N–H and O–H groups in total. The molecule has 0 aromatic carbocycles. The highest BCUT2D eigenvalue weighted by molar-refractivity contribution is 7.15. The van der Waals surface area contributed by atoms with Gasteiger partial charge in [-0.25, -0.2) is 4.98 Å². The van der Waals surface area contributed by atoms with Crippen molar-refractivity contribution in [3.8, 4) is 10.7 Å². The molecular weight excluding hydrogens is 336 g/mol. The lowest BCUT2D eigenvalue weighted by atomic mass is 10.0. The third-order valence-electron chi connectivity index (χ3n) is 4.50. The number of aryl methyl sites for hydroxylation is 2. The number of nitrogens with zero attached hydrogens (tertiary/aromatic N) is 2. The summed E-state index contributed by atoms with van der Waals surface area (Å²) in [5.41, 5.74) is 2.53. The minimum atomic E-state index is -0.0752. The summed E-state index contributed by atoms with van der Waals surface area (Å²) in [5, 5.41) is 11.0. The first-order valence-corrected chi connectivity index (χ1v) is 10.0. The highest BCUT2D eigenvalue weighted by atomic mass is 32.1. The molecule has 0 spiro atoms. The molecule has 3 heterocycles. The maximum absolute atomic E-state index is 12.6. The second kappa shape index (κ2) is 8.58. The molecule has 0 unspecified atom stereocenters. The summed E-state index contributed by atoms with van der Waals surface area (Å²) in [6.07, 6.45) is 7.92. The van der Waals surface area contributed by atoms with Crippen LogP contribution in [-0.2, 0) is 17.6 Å². The molecule has 25 heavy (non-hydrogen) atoms. The van der Waals surface area contributed by atoms with Gasteiger partial charge in [-0.3, -0.25) is 9.89 Å². The van der Waals surface area contributed by atoms with E-state index in [2.05, 4.69) is 15.5 Å². The molecular formula is C18H26N4O2S. The average molecular weight is 362 g/mol. The number of carbonyl (C=O) groups excluding carboxylic acids is 1. The van der Waals surface area contributed by atoms with Gasteiger partial charge in [0.1, 0.15) is 10.7 Å². The van der Waals surface area contributed by atoms with E-state index in [0.29, 0.717) is 18.8 Å². The van der Waals surface area contributed by atoms with Crippen molar-refractivity contribution in [2.45, 2.75) is 58.4 Å². The third-order valence-corrected chi connectivity index (χ3v) is 5.67. The first kappa shape index (κ1) is 18.1. The van der Waals surface area contributed by atoms with Crippen molar-refractivity contribution in [2.75, 3.05) is 13.2 Å². The van der Waals surface area contributed by atoms with Gasteiger partial charge in [-0.05, 0) is 38.5 Å². The summed E-state index contributed by atoms with van der Waals surface area (Å²) in [4.78, 5) is 18.7. The number of thiazole rings is 1. The zero-order valence-electron chi connectivity index (χ0n) is 14.9. The molecule has 1 aliphatic carbocycles. The zero-order chi connectivity index (χ0) is 17.6. The van der Waals surface area contributed by atoms with E-state index in [1.54, 1.807) is 17.5 Å². The van der Waals surface area contributed by atoms with Crippen molar-refractivity contribution < 1.29 is 9.53 Å². The monoisotopic (exact) mass is 362 g/mol. The Balaban J connectivity index is 0.000000880. The van der Waals surface area contributed by atoms with E-state index in [0.717, 1.165) is 36.4 Å². The Morgan fingerprint density at radius 2 is 2.04 bits per heavy atom. The van der Waals surface area contributed by atoms with Crippen LogP contribution in [-0.4, -0.2) is 40.3 Å². The standard InChI is InChI=1S/C16H20N4O2S.C2H6/c21-15(18-10-5-7-22-8-6-10)11-9-17-20-14(11)16-19-12-3-1-2-4-13(12)23-16;1-2/h9-10H,1-8H2,(H,17,20)(H,18,21);1-2H3. The molecule has 1 aliphatic heterocycles. The molecule has 0 atom stereocenters. The van der Waals surface area contributed by atoms with Crippen molar-refractivity contribution in [3.63, 3.8) is 0 Å². The van der Waals surface area contributed by atoms with Gasteiger partial charge in [0.15, 0.2) is 0 Å². The Labute approximate surface area is 152 Å². The SMILES string of the molecule is CC.O=C(NC1CCOCC1)c1cn[nH]c1-c1nc2c(s1)CCCC2. The molecule has 4 rings (SSSR count). The number of amides is 1. The molecule has 2 aliphatic rings. The Hall–Kier alpha value is -1.73. The van der Waals surface area contributed by atoms with Crippen molar-refractivity contribution in [2.24, 2.45) is 0 Å². The van der Waals surface area contributed by atoms with E-state index in [9.17, 15) is 4.79 Å². The summed E-state index contributed by atoms with van der Waals surface area (Å²) >= 11 is 1.69. The Morgan fingerprint density at radius 1 is 1.28 bits per heavy atom. The second-order valence-corrected chi connectivity index (χ2v) is 7.20. The molecule has 136 valence electrons. The second-order valence-electron chi connectivity index (χ2n) is 6.11. The van der Waals surface area contributed by atoms with Crippen molar-refractivity contribution >= 4 is 17.2 Å². The van der Waals surface area contributed by atoms with Gasteiger partial charge < -0.3 is 10.1 Å². The summed E-state index contributed by atoms with van der Waals surface area (Å²) < 4.78 is 5.33. The highest BCUT2D eigenvalue weighted by Gasteiger charge is 2.23. The summed E-state index contributed by atoms with van der Waals surface area (Å²) in [5.74, 6) is -0.0752. The van der Waals surface area contributed by atoms with Crippen molar-refractivity contribution in [1.29, 1.82) is 0 Å². The molecule has 0 saturated carbocycles. The highest BCUT2D eigenvalue weighted by Crippen LogP contribution is 2.33. The summed E-state index contributed by atoms with van der Waals surface area (Å²) in [6.45, 7) is 5.42. The van der Waals surface area contributed by atoms with Crippen LogP contribution in [0.15, 0.2) is 6.20 Å². The predicted octanol–water partition coefficient (Wildman–Crippen LogP) is 3.35. The average Bonchev–Trinajstić information content (AvgIpc) is 3.31. The van der Waals surface area contributed by atoms with E-state index in [1.165, 1.54) is 23.4 Å². The number of aromatic nitrogens is 3. The van der Waals surface area contributed by atoms with E-state index in [4.69, 9.17) is 9.72 Å². The fraction of sp³-hybridized carbons (Fsp3) is 0.611. The molecule has 1 amide bonds. The molecule has 2 aromatic rings. The predicted molar refractivity (Wildman–Crippen MR) is 99.0 cm³/mol. The lowest BCUT2D eigenvalue weighted by Gasteiger charge is -2.22. The van der Waals surface area contributed by atoms with Gasteiger partial charge in [-0.1, -0.05) is 13.8 Å². The molecule has 7 heteroatoms. The minimum Gasteiger partial charge on any atom is -0.381 e. The molecule has 0 radical (unpaired) electrons. The molecule has 2 aromatic heterocycles. The van der Waals surface area contributed by atoms with Crippen LogP contribution in [0.25, 0.3) is 10.7 Å². The molecule has 6 nitrogen and oxygen atoms in total. The van der Waals surface area contributed by atoms with Crippen LogP contribution in [0.2, 0.25) is 0 Å². The number of H-pyrrole nitrogens is 1. The number of rotatable bonds is 3. The number of aromatic amines is 1. The van der Waals surface area contributed by atoms with Gasteiger partial charge in [0.05, 0.1) is 17.5 Å². The van der Waals surface area contributed by atoms with Crippen LogP contribution in [0.5, 0.6) is 0 Å². The normalized spacial score (nSPS) is 17.4. The van der Waals surface area contributed by atoms with Gasteiger partial charge in [0.25, 0.3) is 5.91 Å². The minimum absolute atomic E-state index is 0.0752. The maximum Gasteiger partial charge on any atom is 0.255 e.